The highest BCUT2D eigenvalue weighted by Gasteiger charge is 2.44. The topological polar surface area (TPSA) is 229 Å². The third kappa shape index (κ3) is 13.4. The van der Waals surface area contributed by atoms with Crippen LogP contribution in [0.25, 0.3) is 16.1 Å². The summed E-state index contributed by atoms with van der Waals surface area (Å²) >= 11 is 1.56. The van der Waals surface area contributed by atoms with E-state index in [-0.39, 0.29) is 84.7 Å². The molecule has 4 heterocycles. The third-order valence-electron chi connectivity index (χ3n) is 12.5. The molecule has 3 atom stereocenters. The number of anilines is 1. The van der Waals surface area contributed by atoms with Crippen molar-refractivity contribution < 1.29 is 52.1 Å². The smallest absolute Gasteiger partial charge is 0.416 e. The zero-order valence-electron chi connectivity index (χ0n) is 41.0. The lowest BCUT2D eigenvalue weighted by molar-refractivity contribution is -0.144. The second kappa shape index (κ2) is 23.0. The van der Waals surface area contributed by atoms with Crippen LogP contribution in [0.5, 0.6) is 11.6 Å². The first-order chi connectivity index (χ1) is 34.7. The van der Waals surface area contributed by atoms with E-state index in [2.05, 4.69) is 36.3 Å². The molecule has 0 unspecified atom stereocenters. The highest BCUT2D eigenvalue weighted by molar-refractivity contribution is 7.13. The van der Waals surface area contributed by atoms with Gasteiger partial charge in [0.15, 0.2) is 12.3 Å². The number of hydrogen-bond donors (Lipinski definition) is 6. The molecular weight excluding hydrogens is 968 g/mol. The number of β-amino-alcohol motifs (C(OH)–C–C–N with tert-alkyl or cyclic N) is 1. The van der Waals surface area contributed by atoms with Gasteiger partial charge >= 0.3 is 6.18 Å². The van der Waals surface area contributed by atoms with Gasteiger partial charge in [-0.3, -0.25) is 24.0 Å². The molecule has 17 nitrogen and oxygen atoms in total. The molecule has 386 valence electrons. The monoisotopic (exact) mass is 1030 g/mol. The number of likely N-dealkylation sites (tertiary alicyclic amines) is 1. The molecule has 3 aromatic heterocycles. The molecule has 0 saturated carbocycles. The molecule has 1 fully saturated rings. The van der Waals surface area contributed by atoms with Crippen molar-refractivity contribution in [3.63, 3.8) is 0 Å². The minimum atomic E-state index is -4.59. The predicted molar refractivity (Wildman–Crippen MR) is 267 cm³/mol. The van der Waals surface area contributed by atoms with Gasteiger partial charge in [0.25, 0.3) is 11.8 Å². The molecule has 73 heavy (non-hydrogen) atoms. The minimum absolute atomic E-state index is 0.00544. The molecule has 1 aliphatic rings. The molecule has 5 amide bonds. The number of fused-ring (bicyclic) bond motifs is 1. The van der Waals surface area contributed by atoms with Crippen molar-refractivity contribution in [2.75, 3.05) is 25.0 Å². The number of nitrogens with one attached hydrogen (secondary N) is 4. The maximum absolute atomic E-state index is 14.0. The number of aryl methyl sites for hydroxylation is 2. The molecule has 6 N–H and O–H groups in total. The van der Waals surface area contributed by atoms with E-state index in [4.69, 9.17) is 4.74 Å². The molecule has 6 aromatic rings. The number of benzene rings is 3. The Morgan fingerprint density at radius 1 is 0.904 bits per heavy atom. The Morgan fingerprint density at radius 3 is 2.32 bits per heavy atom. The number of unbranched alkanes of at least 4 members (excludes halogenated alkanes) is 2. The summed E-state index contributed by atoms with van der Waals surface area (Å²) in [5.41, 5.74) is 3.79. The van der Waals surface area contributed by atoms with Crippen molar-refractivity contribution >= 4 is 52.2 Å². The van der Waals surface area contributed by atoms with Gasteiger partial charge < -0.3 is 41.1 Å². The second-order valence-corrected chi connectivity index (χ2v) is 19.9. The Hall–Kier alpha value is -7.39. The van der Waals surface area contributed by atoms with E-state index in [0.717, 1.165) is 32.3 Å². The fourth-order valence-corrected chi connectivity index (χ4v) is 9.30. The Labute approximate surface area is 423 Å². The van der Waals surface area contributed by atoms with Crippen molar-refractivity contribution in [1.29, 1.82) is 0 Å². The number of nitrogens with zero attached hydrogens (tertiary/aromatic N) is 5. The number of thiazole rings is 1. The quantitative estimate of drug-likeness (QED) is 0.0457. The number of amides is 5. The average molecular weight is 1030 g/mol. The van der Waals surface area contributed by atoms with Crippen LogP contribution in [0, 0.1) is 19.3 Å². The Balaban J connectivity index is 0.808. The standard InChI is InChI=1S/C52H58F3N9O8S/c1-30-38(23-34-11-8-9-12-40(34)52(53,54)55)49(70)64-46(60-30)39(26-59-64)47(68)61-35-18-20-37(21-19-35)72-28-43(67)56-22-10-6-7-13-42(66)62-45(51(3,4)5)50(71)63-27-36(65)24-41(63)48(69)57-25-32-14-16-33(17-15-32)44-31(2)58-29-73-44/h8-9,11-12,14-21,26,29,36,41,45,65,70H,6-7,10,13,22-25,27-28H2,1-5H3,(H,56,67)(H,57,69)(H,61,68)(H,62,66)/t36-,41+,45+/m0/s1. The minimum Gasteiger partial charge on any atom is -0.493 e. The van der Waals surface area contributed by atoms with E-state index >= 15 is 0 Å². The number of rotatable bonds is 19. The number of alkyl halides is 3. The van der Waals surface area contributed by atoms with Gasteiger partial charge in [0, 0.05) is 55.8 Å². The van der Waals surface area contributed by atoms with E-state index < -0.39 is 53.0 Å². The number of aliphatic hydroxyl groups excluding tert-OH is 1. The van der Waals surface area contributed by atoms with Crippen LogP contribution in [-0.4, -0.2) is 102 Å². The normalized spacial score (nSPS) is 15.2. The van der Waals surface area contributed by atoms with Gasteiger partial charge in [-0.15, -0.1) is 11.3 Å². The lowest BCUT2D eigenvalue weighted by Crippen LogP contribution is -2.57. The molecule has 3 aromatic carbocycles. The number of halogens is 3. The number of aromatic hydroxyl groups is 1. The summed E-state index contributed by atoms with van der Waals surface area (Å²) in [6, 6.07) is 17.2. The molecule has 7 rings (SSSR count). The van der Waals surface area contributed by atoms with Gasteiger partial charge in [0.2, 0.25) is 23.6 Å². The van der Waals surface area contributed by atoms with Gasteiger partial charge in [-0.25, -0.2) is 9.97 Å². The largest absolute Gasteiger partial charge is 0.493 e. The maximum atomic E-state index is 14.0. The van der Waals surface area contributed by atoms with Crippen LogP contribution in [0.3, 0.4) is 0 Å². The van der Waals surface area contributed by atoms with Crippen LogP contribution in [0.2, 0.25) is 0 Å². The number of aromatic nitrogens is 4. The first-order valence-corrected chi connectivity index (χ1v) is 24.6. The van der Waals surface area contributed by atoms with Crippen LogP contribution in [0.15, 0.2) is 84.5 Å². The van der Waals surface area contributed by atoms with Gasteiger partial charge in [0.05, 0.1) is 33.9 Å². The van der Waals surface area contributed by atoms with Crippen molar-refractivity contribution in [2.45, 2.75) is 104 Å². The number of aliphatic hydroxyl groups is 1. The van der Waals surface area contributed by atoms with Crippen LogP contribution in [0.1, 0.15) is 96.9 Å². The highest BCUT2D eigenvalue weighted by atomic mass is 32.1. The van der Waals surface area contributed by atoms with Crippen LogP contribution in [0.4, 0.5) is 18.9 Å². The van der Waals surface area contributed by atoms with E-state index in [1.165, 1.54) is 36.2 Å². The molecule has 21 heteroatoms. The van der Waals surface area contributed by atoms with Crippen molar-refractivity contribution in [1.82, 2.24) is 40.4 Å². The van der Waals surface area contributed by atoms with Gasteiger partial charge in [-0.1, -0.05) is 69.7 Å². The second-order valence-electron chi connectivity index (χ2n) is 19.0. The summed E-state index contributed by atoms with van der Waals surface area (Å²) in [4.78, 5) is 77.5. The van der Waals surface area contributed by atoms with Crippen molar-refractivity contribution in [3.05, 3.63) is 124 Å². The highest BCUT2D eigenvalue weighted by Crippen LogP contribution is 2.35. The summed E-state index contributed by atoms with van der Waals surface area (Å²) in [6.07, 6.45) is -2.67. The summed E-state index contributed by atoms with van der Waals surface area (Å²) in [5.74, 6) is -2.24. The predicted octanol–water partition coefficient (Wildman–Crippen LogP) is 6.90. The molecule has 1 saturated heterocycles. The van der Waals surface area contributed by atoms with Crippen LogP contribution in [-0.2, 0) is 38.3 Å². The SMILES string of the molecule is Cc1ncsc1-c1ccc(CNC(=O)[C@H]2C[C@H](O)CN2C(=O)[C@@H](NC(=O)CCCCCNC(=O)COc2ccc(NC(=O)c3cnn4c(O)c(Cc5ccccc5C(F)(F)F)c(C)nc34)cc2)C(C)(C)C)cc1. The lowest BCUT2D eigenvalue weighted by atomic mass is 9.85. The van der Waals surface area contributed by atoms with Crippen molar-refractivity contribution in [3.8, 4) is 22.1 Å². The maximum Gasteiger partial charge on any atom is 0.416 e. The molecule has 0 radical (unpaired) electrons. The summed E-state index contributed by atoms with van der Waals surface area (Å²) in [5, 5.41) is 36.9. The molecule has 1 aliphatic heterocycles. The van der Waals surface area contributed by atoms with E-state index in [0.29, 0.717) is 37.2 Å². The molecular formula is C52H58F3N9O8S. The number of carbonyl (C=O) groups excluding carboxylic acids is 5. The first-order valence-electron chi connectivity index (χ1n) is 23.7. The van der Waals surface area contributed by atoms with E-state index in [9.17, 15) is 47.4 Å². The fraction of sp³-hybridized carbons (Fsp3) is 0.385. The van der Waals surface area contributed by atoms with E-state index in [1.54, 1.807) is 41.1 Å². The van der Waals surface area contributed by atoms with Crippen LogP contribution < -0.4 is 26.0 Å². The first kappa shape index (κ1) is 53.4. The van der Waals surface area contributed by atoms with Gasteiger partial charge in [0.1, 0.15) is 23.4 Å². The number of carbonyl (C=O) groups is 5. The fourth-order valence-electron chi connectivity index (χ4n) is 8.49. The third-order valence-corrected chi connectivity index (χ3v) is 13.4. The van der Waals surface area contributed by atoms with E-state index in [1.807, 2.05) is 52.0 Å². The summed E-state index contributed by atoms with van der Waals surface area (Å²) < 4.78 is 47.5. The Morgan fingerprint density at radius 2 is 1.63 bits per heavy atom. The summed E-state index contributed by atoms with van der Waals surface area (Å²) in [6.45, 7) is 9.20. The molecule has 0 bridgehead atoms. The number of ether oxygens (including phenoxy) is 1. The van der Waals surface area contributed by atoms with Gasteiger partial charge in [-0.2, -0.15) is 22.8 Å². The Bertz CT molecular complexity index is 2950. The molecule has 0 spiro atoms. The molecule has 0 aliphatic carbocycles. The number of hydrogen-bond acceptors (Lipinski definition) is 12. The zero-order chi connectivity index (χ0) is 52.6. The van der Waals surface area contributed by atoms with Crippen LogP contribution >= 0.6 is 11.3 Å². The van der Waals surface area contributed by atoms with Crippen molar-refractivity contribution in [2.24, 2.45) is 5.41 Å². The van der Waals surface area contributed by atoms with Gasteiger partial charge in [-0.05, 0) is 79.1 Å². The summed E-state index contributed by atoms with van der Waals surface area (Å²) in [7, 11) is 0. The lowest BCUT2D eigenvalue weighted by Gasteiger charge is -2.35. The zero-order valence-corrected chi connectivity index (χ0v) is 41.8. The average Bonchev–Trinajstić information content (AvgIpc) is 4.09. The Kier molecular flexibility index (Phi) is 16.8.